The number of nitrogens with one attached hydrogen (secondary N) is 1. The summed E-state index contributed by atoms with van der Waals surface area (Å²) in [5.74, 6) is 0. The average molecular weight is 242 g/mol. The molecule has 1 saturated heterocycles. The molecule has 0 saturated carbocycles. The lowest BCUT2D eigenvalue weighted by Crippen LogP contribution is -2.42. The van der Waals surface area contributed by atoms with Crippen molar-refractivity contribution in [2.24, 2.45) is 0 Å². The van der Waals surface area contributed by atoms with Crippen molar-refractivity contribution < 1.29 is 9.53 Å². The number of carbonyl (C=O) groups is 1. The molecule has 1 heterocycles. The quantitative estimate of drug-likeness (QED) is 0.564. The van der Waals surface area contributed by atoms with Gasteiger partial charge in [0.05, 0.1) is 12.1 Å². The van der Waals surface area contributed by atoms with Crippen molar-refractivity contribution in [3.05, 3.63) is 12.7 Å². The molecule has 1 rings (SSSR count). The zero-order valence-corrected chi connectivity index (χ0v) is 10.9. The van der Waals surface area contributed by atoms with Gasteiger partial charge in [-0.25, -0.2) is 9.69 Å². The molecule has 16 heavy (non-hydrogen) atoms. The van der Waals surface area contributed by atoms with Crippen molar-refractivity contribution in [1.29, 1.82) is 0 Å². The van der Waals surface area contributed by atoms with Gasteiger partial charge in [-0.3, -0.25) is 0 Å². The third kappa shape index (κ3) is 2.72. The normalized spacial score (nSPS) is 25.2. The molecule has 0 aromatic rings. The van der Waals surface area contributed by atoms with Crippen LogP contribution in [0.5, 0.6) is 0 Å². The molecule has 1 amide bonds. The predicted octanol–water partition coefficient (Wildman–Crippen LogP) is 2.05. The molecule has 2 atom stereocenters. The zero-order valence-electron chi connectivity index (χ0n) is 10.1. The van der Waals surface area contributed by atoms with Gasteiger partial charge in [-0.2, -0.15) is 0 Å². The number of carbonyl (C=O) groups excluding carboxylic acids is 1. The van der Waals surface area contributed by atoms with Crippen LogP contribution in [0, 0.1) is 0 Å². The highest BCUT2D eigenvalue weighted by molar-refractivity contribution is 7.80. The molecule has 90 valence electrons. The largest absolute Gasteiger partial charge is 0.443 e. The van der Waals surface area contributed by atoms with E-state index in [0.29, 0.717) is 5.11 Å². The fraction of sp³-hybridized carbons (Fsp3) is 0.636. The third-order valence-electron chi connectivity index (χ3n) is 2.28. The smallest absolute Gasteiger partial charge is 0.416 e. The van der Waals surface area contributed by atoms with E-state index in [-0.39, 0.29) is 12.1 Å². The van der Waals surface area contributed by atoms with E-state index in [9.17, 15) is 4.79 Å². The van der Waals surface area contributed by atoms with E-state index in [1.807, 2.05) is 27.7 Å². The van der Waals surface area contributed by atoms with Gasteiger partial charge in [-0.05, 0) is 39.9 Å². The summed E-state index contributed by atoms with van der Waals surface area (Å²) in [5.41, 5.74) is -0.515. The summed E-state index contributed by atoms with van der Waals surface area (Å²) in [7, 11) is 0. The number of nitrogens with zero attached hydrogens (tertiary/aromatic N) is 1. The van der Waals surface area contributed by atoms with Crippen LogP contribution < -0.4 is 5.32 Å². The topological polar surface area (TPSA) is 41.6 Å². The lowest BCUT2D eigenvalue weighted by molar-refractivity contribution is 0.0342. The fourth-order valence-electron chi connectivity index (χ4n) is 1.49. The molecular formula is C11H18N2O2S. The van der Waals surface area contributed by atoms with E-state index < -0.39 is 11.7 Å². The highest BCUT2D eigenvalue weighted by Crippen LogP contribution is 2.18. The van der Waals surface area contributed by atoms with E-state index in [0.717, 1.165) is 0 Å². The molecule has 0 aliphatic carbocycles. The zero-order chi connectivity index (χ0) is 12.5. The number of rotatable bonds is 1. The summed E-state index contributed by atoms with van der Waals surface area (Å²) in [6.07, 6.45) is 1.32. The van der Waals surface area contributed by atoms with Crippen LogP contribution in [0.4, 0.5) is 4.79 Å². The van der Waals surface area contributed by atoms with Gasteiger partial charge in [0.1, 0.15) is 5.60 Å². The third-order valence-corrected chi connectivity index (χ3v) is 2.59. The van der Waals surface area contributed by atoms with Crippen molar-refractivity contribution in [3.63, 3.8) is 0 Å². The SMILES string of the molecule is C=C[C@@H]1NC(=S)N(C(=O)OC(C)(C)C)[C@H]1C. The minimum absolute atomic E-state index is 0.0139. The van der Waals surface area contributed by atoms with Crippen LogP contribution in [-0.2, 0) is 4.74 Å². The Kier molecular flexibility index (Phi) is 3.57. The van der Waals surface area contributed by atoms with Crippen LogP contribution in [0.25, 0.3) is 0 Å². The summed E-state index contributed by atoms with van der Waals surface area (Å²) in [6.45, 7) is 11.1. The summed E-state index contributed by atoms with van der Waals surface area (Å²) < 4.78 is 5.28. The van der Waals surface area contributed by atoms with Gasteiger partial charge in [0.25, 0.3) is 0 Å². The molecule has 0 bridgehead atoms. The Bertz CT molecular complexity index is 322. The first-order valence-corrected chi connectivity index (χ1v) is 5.62. The van der Waals surface area contributed by atoms with E-state index in [1.165, 1.54) is 4.90 Å². The highest BCUT2D eigenvalue weighted by atomic mass is 32.1. The first-order chi connectivity index (χ1) is 7.26. The van der Waals surface area contributed by atoms with E-state index in [2.05, 4.69) is 11.9 Å². The standard InChI is InChI=1S/C11H18N2O2S/c1-6-8-7(2)13(9(16)12-8)10(14)15-11(3,4)5/h6-8H,1H2,2-5H3,(H,12,16)/t7-,8-/m0/s1. The number of hydrogen-bond donors (Lipinski definition) is 1. The molecule has 0 radical (unpaired) electrons. The van der Waals surface area contributed by atoms with Crippen LogP contribution >= 0.6 is 12.2 Å². The summed E-state index contributed by atoms with van der Waals surface area (Å²) in [4.78, 5) is 13.3. The van der Waals surface area contributed by atoms with Gasteiger partial charge in [0.2, 0.25) is 0 Å². The van der Waals surface area contributed by atoms with E-state index >= 15 is 0 Å². The number of thiocarbonyl (C=S) groups is 1. The van der Waals surface area contributed by atoms with Crippen molar-refractivity contribution >= 4 is 23.4 Å². The summed E-state index contributed by atoms with van der Waals surface area (Å²) in [6, 6.07) is -0.0835. The van der Waals surface area contributed by atoms with Crippen molar-refractivity contribution in [2.75, 3.05) is 0 Å². The minimum atomic E-state index is -0.515. The molecule has 1 fully saturated rings. The van der Waals surface area contributed by atoms with Crippen molar-refractivity contribution in [1.82, 2.24) is 10.2 Å². The molecule has 5 heteroatoms. The van der Waals surface area contributed by atoms with Gasteiger partial charge >= 0.3 is 6.09 Å². The lowest BCUT2D eigenvalue weighted by atomic mass is 10.1. The number of ether oxygens (including phenoxy) is 1. The molecule has 0 spiro atoms. The highest BCUT2D eigenvalue weighted by Gasteiger charge is 2.38. The van der Waals surface area contributed by atoms with Gasteiger partial charge in [-0.1, -0.05) is 6.08 Å². The first kappa shape index (κ1) is 13.0. The second kappa shape index (κ2) is 4.41. The number of hydrogen-bond acceptors (Lipinski definition) is 3. The predicted molar refractivity (Wildman–Crippen MR) is 67.3 cm³/mol. The van der Waals surface area contributed by atoms with Gasteiger partial charge < -0.3 is 10.1 Å². The molecule has 0 unspecified atom stereocenters. The lowest BCUT2D eigenvalue weighted by Gasteiger charge is -2.26. The second-order valence-electron chi connectivity index (χ2n) is 4.80. The molecular weight excluding hydrogens is 224 g/mol. The Morgan fingerprint density at radius 1 is 1.62 bits per heavy atom. The van der Waals surface area contributed by atoms with Gasteiger partial charge in [-0.15, -0.1) is 6.58 Å². The van der Waals surface area contributed by atoms with Crippen LogP contribution in [0.3, 0.4) is 0 Å². The average Bonchev–Trinajstić information content (AvgIpc) is 2.38. The molecule has 0 aromatic carbocycles. The Hall–Kier alpha value is -1.10. The van der Waals surface area contributed by atoms with E-state index in [4.69, 9.17) is 17.0 Å². The van der Waals surface area contributed by atoms with Gasteiger partial charge in [0.15, 0.2) is 5.11 Å². The van der Waals surface area contributed by atoms with Crippen LogP contribution in [0.15, 0.2) is 12.7 Å². The molecule has 0 aromatic heterocycles. The van der Waals surface area contributed by atoms with Crippen molar-refractivity contribution in [2.45, 2.75) is 45.4 Å². The Balaban J connectivity index is 2.77. The fourth-order valence-corrected chi connectivity index (χ4v) is 1.87. The van der Waals surface area contributed by atoms with Crippen molar-refractivity contribution in [3.8, 4) is 0 Å². The Morgan fingerprint density at radius 2 is 2.19 bits per heavy atom. The Labute approximate surface area is 102 Å². The minimum Gasteiger partial charge on any atom is -0.443 e. The van der Waals surface area contributed by atoms with Crippen LogP contribution in [-0.4, -0.2) is 33.8 Å². The van der Waals surface area contributed by atoms with Gasteiger partial charge in [0, 0.05) is 0 Å². The summed E-state index contributed by atoms with van der Waals surface area (Å²) in [5, 5.41) is 3.40. The molecule has 1 aliphatic rings. The molecule has 1 aliphatic heterocycles. The monoisotopic (exact) mass is 242 g/mol. The van der Waals surface area contributed by atoms with Crippen LogP contribution in [0.1, 0.15) is 27.7 Å². The number of amides is 1. The van der Waals surface area contributed by atoms with Crippen LogP contribution in [0.2, 0.25) is 0 Å². The maximum Gasteiger partial charge on any atom is 0.416 e. The first-order valence-electron chi connectivity index (χ1n) is 5.21. The summed E-state index contributed by atoms with van der Waals surface area (Å²) >= 11 is 5.09. The van der Waals surface area contributed by atoms with E-state index in [1.54, 1.807) is 6.08 Å². The molecule has 1 N–H and O–H groups in total. The maximum absolute atomic E-state index is 11.9. The maximum atomic E-state index is 11.9. The molecule has 4 nitrogen and oxygen atoms in total. The second-order valence-corrected chi connectivity index (χ2v) is 5.19. The Morgan fingerprint density at radius 3 is 2.56 bits per heavy atom.